The minimum atomic E-state index is -0.226. The number of aryl methyl sites for hydroxylation is 1. The third kappa shape index (κ3) is 2.23. The normalized spacial score (nSPS) is 10.4. The molecule has 0 saturated heterocycles. The van der Waals surface area contributed by atoms with Crippen molar-refractivity contribution in [2.45, 2.75) is 32.6 Å². The topological polar surface area (TPSA) is 82.4 Å². The molecule has 1 N–H and O–H groups in total. The molecule has 0 fully saturated rings. The molecule has 0 bridgehead atoms. The van der Waals surface area contributed by atoms with Crippen molar-refractivity contribution in [1.29, 1.82) is 5.26 Å². The van der Waals surface area contributed by atoms with Crippen molar-refractivity contribution >= 4 is 11.0 Å². The van der Waals surface area contributed by atoms with Crippen molar-refractivity contribution in [3.05, 3.63) is 34.0 Å². The van der Waals surface area contributed by atoms with E-state index in [2.05, 4.69) is 27.9 Å². The second-order valence-corrected chi connectivity index (χ2v) is 4.15. The van der Waals surface area contributed by atoms with E-state index in [0.717, 1.165) is 24.8 Å². The molecule has 5 heteroatoms. The number of hydrogen-bond donors (Lipinski definition) is 1. The van der Waals surface area contributed by atoms with Crippen molar-refractivity contribution in [2.24, 2.45) is 0 Å². The van der Waals surface area contributed by atoms with E-state index < -0.39 is 0 Å². The summed E-state index contributed by atoms with van der Waals surface area (Å²) in [5.74, 6) is 0. The summed E-state index contributed by atoms with van der Waals surface area (Å²) in [6.45, 7) is 2.12. The summed E-state index contributed by atoms with van der Waals surface area (Å²) in [6, 6.07) is 2.10. The lowest BCUT2D eigenvalue weighted by Gasteiger charge is -2.06. The lowest BCUT2D eigenvalue weighted by molar-refractivity contribution is 0.718. The summed E-state index contributed by atoms with van der Waals surface area (Å²) in [6.07, 6.45) is 6.67. The Bertz CT molecular complexity index is 654. The van der Waals surface area contributed by atoms with E-state index in [1.54, 1.807) is 0 Å². The van der Waals surface area contributed by atoms with E-state index in [0.29, 0.717) is 23.0 Å². The van der Waals surface area contributed by atoms with Crippen molar-refractivity contribution in [3.8, 4) is 6.07 Å². The largest absolute Gasteiger partial charge is 0.312 e. The van der Waals surface area contributed by atoms with Crippen LogP contribution in [0.2, 0.25) is 0 Å². The zero-order chi connectivity index (χ0) is 13.0. The monoisotopic (exact) mass is 242 g/mol. The van der Waals surface area contributed by atoms with E-state index in [1.165, 1.54) is 12.5 Å². The van der Waals surface area contributed by atoms with Gasteiger partial charge in [-0.3, -0.25) is 4.79 Å². The molecule has 0 saturated carbocycles. The molecule has 2 aromatic heterocycles. The van der Waals surface area contributed by atoms with Gasteiger partial charge < -0.3 is 4.98 Å². The number of rotatable bonds is 4. The van der Waals surface area contributed by atoms with Gasteiger partial charge in [0.15, 0.2) is 5.65 Å². The highest BCUT2D eigenvalue weighted by Crippen LogP contribution is 2.17. The van der Waals surface area contributed by atoms with Crippen LogP contribution < -0.4 is 5.56 Å². The molecule has 2 rings (SSSR count). The van der Waals surface area contributed by atoms with Gasteiger partial charge in [-0.1, -0.05) is 19.8 Å². The highest BCUT2D eigenvalue weighted by atomic mass is 16.1. The SMILES string of the molecule is CCCCCc1c(C#N)cnc2nc[nH]c(=O)c12. The highest BCUT2D eigenvalue weighted by Gasteiger charge is 2.12. The molecule has 0 spiro atoms. The number of pyridine rings is 1. The molecular formula is C13H14N4O. The fraction of sp³-hybridized carbons (Fsp3) is 0.385. The summed E-state index contributed by atoms with van der Waals surface area (Å²) in [5.41, 5.74) is 1.42. The highest BCUT2D eigenvalue weighted by molar-refractivity contribution is 5.79. The zero-order valence-electron chi connectivity index (χ0n) is 10.2. The number of aromatic amines is 1. The predicted molar refractivity (Wildman–Crippen MR) is 68.1 cm³/mol. The van der Waals surface area contributed by atoms with Gasteiger partial charge in [-0.05, 0) is 18.4 Å². The molecule has 92 valence electrons. The van der Waals surface area contributed by atoms with Gasteiger partial charge in [0.05, 0.1) is 17.3 Å². The molecule has 0 amide bonds. The number of nitrogens with one attached hydrogen (secondary N) is 1. The maximum absolute atomic E-state index is 11.9. The molecule has 0 aliphatic carbocycles. The van der Waals surface area contributed by atoms with Crippen LogP contribution in [0.5, 0.6) is 0 Å². The van der Waals surface area contributed by atoms with Gasteiger partial charge in [0.2, 0.25) is 0 Å². The number of fused-ring (bicyclic) bond motifs is 1. The predicted octanol–water partition coefficient (Wildman–Crippen LogP) is 1.92. The molecule has 0 aliphatic rings. The minimum absolute atomic E-state index is 0.226. The van der Waals surface area contributed by atoms with Crippen LogP contribution in [0.4, 0.5) is 0 Å². The Hall–Kier alpha value is -2.22. The lowest BCUT2D eigenvalue weighted by Crippen LogP contribution is -2.11. The standard InChI is InChI=1S/C13H14N4O/c1-2-3-4-5-10-9(6-14)7-15-12-11(10)13(18)17-8-16-12/h7-8H,2-5H2,1H3,(H,15,16,17,18). The van der Waals surface area contributed by atoms with E-state index in [9.17, 15) is 4.79 Å². The number of nitriles is 1. The smallest absolute Gasteiger partial charge is 0.260 e. The fourth-order valence-electron chi connectivity index (χ4n) is 2.01. The van der Waals surface area contributed by atoms with Crippen LogP contribution in [-0.4, -0.2) is 15.0 Å². The molecule has 2 aromatic rings. The number of unbranched alkanes of at least 4 members (excludes halogenated alkanes) is 2. The third-order valence-corrected chi connectivity index (χ3v) is 2.93. The first-order valence-corrected chi connectivity index (χ1v) is 6.03. The number of H-pyrrole nitrogens is 1. The lowest BCUT2D eigenvalue weighted by atomic mass is 10.0. The van der Waals surface area contributed by atoms with Gasteiger partial charge in [-0.15, -0.1) is 0 Å². The maximum atomic E-state index is 11.9. The molecule has 0 radical (unpaired) electrons. The van der Waals surface area contributed by atoms with Crippen molar-refractivity contribution in [1.82, 2.24) is 15.0 Å². The Morgan fingerprint density at radius 3 is 2.94 bits per heavy atom. The third-order valence-electron chi connectivity index (χ3n) is 2.93. The second-order valence-electron chi connectivity index (χ2n) is 4.15. The Kier molecular flexibility index (Phi) is 3.68. The Morgan fingerprint density at radius 1 is 1.39 bits per heavy atom. The zero-order valence-corrected chi connectivity index (χ0v) is 10.2. The minimum Gasteiger partial charge on any atom is -0.312 e. The van der Waals surface area contributed by atoms with Crippen LogP contribution in [0.3, 0.4) is 0 Å². The molecule has 18 heavy (non-hydrogen) atoms. The molecule has 0 atom stereocenters. The van der Waals surface area contributed by atoms with E-state index >= 15 is 0 Å². The molecule has 5 nitrogen and oxygen atoms in total. The van der Waals surface area contributed by atoms with Crippen LogP contribution in [0.15, 0.2) is 17.3 Å². The molecule has 0 unspecified atom stereocenters. The molecule has 0 aliphatic heterocycles. The second kappa shape index (κ2) is 5.41. The number of nitrogens with zero attached hydrogens (tertiary/aromatic N) is 3. The van der Waals surface area contributed by atoms with Gasteiger partial charge in [0.1, 0.15) is 6.07 Å². The molecule has 2 heterocycles. The Labute approximate surface area is 105 Å². The molecule has 0 aromatic carbocycles. The van der Waals surface area contributed by atoms with Gasteiger partial charge in [-0.25, -0.2) is 9.97 Å². The summed E-state index contributed by atoms with van der Waals surface area (Å²) < 4.78 is 0. The van der Waals surface area contributed by atoms with E-state index in [-0.39, 0.29) is 5.56 Å². The van der Waals surface area contributed by atoms with Crippen LogP contribution >= 0.6 is 0 Å². The van der Waals surface area contributed by atoms with Gasteiger partial charge >= 0.3 is 0 Å². The molecular weight excluding hydrogens is 228 g/mol. The van der Waals surface area contributed by atoms with E-state index in [1.807, 2.05) is 0 Å². The van der Waals surface area contributed by atoms with E-state index in [4.69, 9.17) is 5.26 Å². The number of hydrogen-bond acceptors (Lipinski definition) is 4. The summed E-state index contributed by atoms with van der Waals surface area (Å²) in [4.78, 5) is 22.5. The first-order valence-electron chi connectivity index (χ1n) is 6.03. The van der Waals surface area contributed by atoms with Crippen molar-refractivity contribution in [2.75, 3.05) is 0 Å². The van der Waals surface area contributed by atoms with Crippen LogP contribution in [0, 0.1) is 11.3 Å². The summed E-state index contributed by atoms with van der Waals surface area (Å²) in [7, 11) is 0. The Balaban J connectivity index is 2.58. The summed E-state index contributed by atoms with van der Waals surface area (Å²) >= 11 is 0. The van der Waals surface area contributed by atoms with Crippen LogP contribution in [-0.2, 0) is 6.42 Å². The fourth-order valence-corrected chi connectivity index (χ4v) is 2.01. The first kappa shape index (κ1) is 12.2. The Morgan fingerprint density at radius 2 is 2.22 bits per heavy atom. The van der Waals surface area contributed by atoms with Crippen molar-refractivity contribution in [3.63, 3.8) is 0 Å². The maximum Gasteiger partial charge on any atom is 0.260 e. The average molecular weight is 242 g/mol. The number of aromatic nitrogens is 3. The van der Waals surface area contributed by atoms with Crippen LogP contribution in [0.1, 0.15) is 37.3 Å². The summed E-state index contributed by atoms with van der Waals surface area (Å²) in [5, 5.41) is 9.55. The van der Waals surface area contributed by atoms with Gasteiger partial charge in [0.25, 0.3) is 5.56 Å². The first-order chi connectivity index (χ1) is 8.77. The average Bonchev–Trinajstić information content (AvgIpc) is 2.39. The van der Waals surface area contributed by atoms with Crippen molar-refractivity contribution < 1.29 is 0 Å². The van der Waals surface area contributed by atoms with Gasteiger partial charge in [-0.2, -0.15) is 5.26 Å². The quantitative estimate of drug-likeness (QED) is 0.830. The van der Waals surface area contributed by atoms with Crippen LogP contribution in [0.25, 0.3) is 11.0 Å². The van der Waals surface area contributed by atoms with Gasteiger partial charge in [0, 0.05) is 6.20 Å².